The summed E-state index contributed by atoms with van der Waals surface area (Å²) in [5, 5.41) is 4.87. The van der Waals surface area contributed by atoms with Crippen molar-refractivity contribution in [1.29, 1.82) is 0 Å². The highest BCUT2D eigenvalue weighted by molar-refractivity contribution is 6.09. The normalized spacial score (nSPS) is 10.9. The summed E-state index contributed by atoms with van der Waals surface area (Å²) in [7, 11) is 1.64. The molecule has 17 heavy (non-hydrogen) atoms. The number of carbonyl (C=O) groups excluding carboxylic acids is 1. The molecule has 0 radical (unpaired) electrons. The fourth-order valence-corrected chi connectivity index (χ4v) is 2.13. The number of benzene rings is 2. The van der Waals surface area contributed by atoms with Crippen molar-refractivity contribution in [2.75, 3.05) is 7.05 Å². The third kappa shape index (κ3) is 1.47. The molecule has 1 aromatic heterocycles. The van der Waals surface area contributed by atoms with E-state index in [9.17, 15) is 4.79 Å². The van der Waals surface area contributed by atoms with Gasteiger partial charge in [-0.2, -0.15) is 0 Å². The van der Waals surface area contributed by atoms with Gasteiger partial charge in [-0.3, -0.25) is 4.79 Å². The van der Waals surface area contributed by atoms with Crippen LogP contribution in [0.3, 0.4) is 0 Å². The minimum absolute atomic E-state index is 0.0582. The molecular weight excluding hydrogens is 212 g/mol. The number of fused-ring (bicyclic) bond motifs is 3. The van der Waals surface area contributed by atoms with E-state index in [1.165, 1.54) is 0 Å². The number of aromatic amines is 1. The minimum atomic E-state index is -0.0582. The van der Waals surface area contributed by atoms with Crippen LogP contribution in [0.1, 0.15) is 10.4 Å². The average Bonchev–Trinajstić information content (AvgIpc) is 2.75. The zero-order valence-corrected chi connectivity index (χ0v) is 9.45. The van der Waals surface area contributed by atoms with E-state index in [-0.39, 0.29) is 5.91 Å². The second kappa shape index (κ2) is 3.63. The molecule has 3 heteroatoms. The van der Waals surface area contributed by atoms with Crippen LogP contribution in [-0.4, -0.2) is 17.9 Å². The second-order valence-electron chi connectivity index (χ2n) is 4.01. The van der Waals surface area contributed by atoms with Crippen molar-refractivity contribution >= 4 is 27.7 Å². The van der Waals surface area contributed by atoms with Gasteiger partial charge in [-0.1, -0.05) is 18.2 Å². The third-order valence-electron chi connectivity index (χ3n) is 3.00. The molecule has 3 aromatic rings. The molecule has 2 aromatic carbocycles. The number of para-hydroxylation sites is 1. The topological polar surface area (TPSA) is 44.9 Å². The lowest BCUT2D eigenvalue weighted by atomic mass is 10.1. The molecule has 3 nitrogen and oxygen atoms in total. The maximum absolute atomic E-state index is 11.6. The Morgan fingerprint density at radius 1 is 1.06 bits per heavy atom. The Kier molecular flexibility index (Phi) is 2.11. The Morgan fingerprint density at radius 3 is 2.65 bits per heavy atom. The first kappa shape index (κ1) is 9.90. The highest BCUT2D eigenvalue weighted by Gasteiger charge is 2.07. The molecule has 0 atom stereocenters. The number of aromatic nitrogens is 1. The second-order valence-corrected chi connectivity index (χ2v) is 4.01. The molecule has 1 heterocycles. The molecule has 0 aliphatic carbocycles. The molecule has 0 unspecified atom stereocenters. The summed E-state index contributed by atoms with van der Waals surface area (Å²) in [6, 6.07) is 13.8. The van der Waals surface area contributed by atoms with E-state index in [0.29, 0.717) is 5.56 Å². The number of carbonyl (C=O) groups is 1. The first-order valence-corrected chi connectivity index (χ1v) is 5.52. The van der Waals surface area contributed by atoms with Crippen LogP contribution in [-0.2, 0) is 0 Å². The number of H-pyrrole nitrogens is 1. The molecule has 0 aliphatic rings. The lowest BCUT2D eigenvalue weighted by Crippen LogP contribution is -2.17. The van der Waals surface area contributed by atoms with Gasteiger partial charge in [0.1, 0.15) is 0 Å². The lowest BCUT2D eigenvalue weighted by Gasteiger charge is -1.99. The van der Waals surface area contributed by atoms with Crippen LogP contribution in [0.5, 0.6) is 0 Å². The van der Waals surface area contributed by atoms with Crippen molar-refractivity contribution in [2.24, 2.45) is 0 Å². The van der Waals surface area contributed by atoms with Crippen LogP contribution >= 0.6 is 0 Å². The van der Waals surface area contributed by atoms with E-state index in [0.717, 1.165) is 21.8 Å². The molecule has 0 saturated heterocycles. The SMILES string of the molecule is CNC(=O)c1ccc2[nH]c3ccccc3c2c1. The van der Waals surface area contributed by atoms with Gasteiger partial charge in [-0.05, 0) is 24.3 Å². The summed E-state index contributed by atoms with van der Waals surface area (Å²) in [5.41, 5.74) is 2.83. The van der Waals surface area contributed by atoms with Crippen molar-refractivity contribution in [2.45, 2.75) is 0 Å². The van der Waals surface area contributed by atoms with Gasteiger partial charge in [0.05, 0.1) is 0 Å². The molecule has 0 aliphatic heterocycles. The van der Waals surface area contributed by atoms with Crippen LogP contribution in [0.25, 0.3) is 21.8 Å². The summed E-state index contributed by atoms with van der Waals surface area (Å²) >= 11 is 0. The van der Waals surface area contributed by atoms with Crippen molar-refractivity contribution in [3.63, 3.8) is 0 Å². The fourth-order valence-electron chi connectivity index (χ4n) is 2.13. The van der Waals surface area contributed by atoms with Crippen molar-refractivity contribution in [1.82, 2.24) is 10.3 Å². The lowest BCUT2D eigenvalue weighted by molar-refractivity contribution is 0.0963. The average molecular weight is 224 g/mol. The van der Waals surface area contributed by atoms with E-state index < -0.39 is 0 Å². The minimum Gasteiger partial charge on any atom is -0.355 e. The first-order valence-electron chi connectivity index (χ1n) is 5.52. The van der Waals surface area contributed by atoms with Gasteiger partial charge in [-0.15, -0.1) is 0 Å². The number of nitrogens with one attached hydrogen (secondary N) is 2. The fraction of sp³-hybridized carbons (Fsp3) is 0.0714. The van der Waals surface area contributed by atoms with Gasteiger partial charge in [0, 0.05) is 34.4 Å². The molecule has 0 bridgehead atoms. The molecule has 0 fully saturated rings. The van der Waals surface area contributed by atoms with E-state index >= 15 is 0 Å². The molecule has 3 rings (SSSR count). The van der Waals surface area contributed by atoms with Crippen LogP contribution in [0.4, 0.5) is 0 Å². The quantitative estimate of drug-likeness (QED) is 0.655. The van der Waals surface area contributed by atoms with E-state index in [1.54, 1.807) is 7.05 Å². The Bertz CT molecular complexity index is 712. The van der Waals surface area contributed by atoms with Gasteiger partial charge in [0.2, 0.25) is 0 Å². The monoisotopic (exact) mass is 224 g/mol. The maximum Gasteiger partial charge on any atom is 0.251 e. The Morgan fingerprint density at radius 2 is 1.82 bits per heavy atom. The van der Waals surface area contributed by atoms with Gasteiger partial charge >= 0.3 is 0 Å². The number of rotatable bonds is 1. The molecule has 84 valence electrons. The summed E-state index contributed by atoms with van der Waals surface area (Å²) in [6.07, 6.45) is 0. The molecule has 1 amide bonds. The van der Waals surface area contributed by atoms with Gasteiger partial charge in [0.15, 0.2) is 0 Å². The van der Waals surface area contributed by atoms with E-state index in [4.69, 9.17) is 0 Å². The third-order valence-corrected chi connectivity index (χ3v) is 3.00. The molecule has 0 spiro atoms. The maximum atomic E-state index is 11.6. The highest BCUT2D eigenvalue weighted by Crippen LogP contribution is 2.25. The Labute approximate surface area is 98.4 Å². The van der Waals surface area contributed by atoms with Gasteiger partial charge in [0.25, 0.3) is 5.91 Å². The summed E-state index contributed by atoms with van der Waals surface area (Å²) < 4.78 is 0. The predicted octanol–water partition coefficient (Wildman–Crippen LogP) is 2.68. The Balaban J connectivity index is 2.33. The zero-order valence-electron chi connectivity index (χ0n) is 9.45. The van der Waals surface area contributed by atoms with Crippen LogP contribution in [0, 0.1) is 0 Å². The smallest absolute Gasteiger partial charge is 0.251 e. The van der Waals surface area contributed by atoms with Crippen LogP contribution in [0.15, 0.2) is 42.5 Å². The summed E-state index contributed by atoms with van der Waals surface area (Å²) in [4.78, 5) is 14.9. The highest BCUT2D eigenvalue weighted by atomic mass is 16.1. The van der Waals surface area contributed by atoms with Gasteiger partial charge < -0.3 is 10.3 Å². The molecule has 2 N–H and O–H groups in total. The predicted molar refractivity (Wildman–Crippen MR) is 69.2 cm³/mol. The van der Waals surface area contributed by atoms with Crippen molar-refractivity contribution < 1.29 is 4.79 Å². The summed E-state index contributed by atoms with van der Waals surface area (Å²) in [6.45, 7) is 0. The van der Waals surface area contributed by atoms with Crippen LogP contribution < -0.4 is 5.32 Å². The first-order chi connectivity index (χ1) is 8.29. The molecular formula is C14H12N2O. The molecule has 0 saturated carbocycles. The Hall–Kier alpha value is -2.29. The standard InChI is InChI=1S/C14H12N2O/c1-15-14(17)9-6-7-13-11(8-9)10-4-2-3-5-12(10)16-13/h2-8,16H,1H3,(H,15,17). The van der Waals surface area contributed by atoms with Crippen molar-refractivity contribution in [3.05, 3.63) is 48.0 Å². The van der Waals surface area contributed by atoms with Crippen molar-refractivity contribution in [3.8, 4) is 0 Å². The van der Waals surface area contributed by atoms with E-state index in [1.807, 2.05) is 36.4 Å². The number of amides is 1. The largest absolute Gasteiger partial charge is 0.355 e. The van der Waals surface area contributed by atoms with Crippen LogP contribution in [0.2, 0.25) is 0 Å². The number of hydrogen-bond acceptors (Lipinski definition) is 1. The van der Waals surface area contributed by atoms with Gasteiger partial charge in [-0.25, -0.2) is 0 Å². The zero-order chi connectivity index (χ0) is 11.8. The van der Waals surface area contributed by atoms with E-state index in [2.05, 4.69) is 16.4 Å². The summed E-state index contributed by atoms with van der Waals surface area (Å²) in [5.74, 6) is -0.0582. The number of hydrogen-bond donors (Lipinski definition) is 2.